The Kier molecular flexibility index (Phi) is 5.42. The Labute approximate surface area is 168 Å². The van der Waals surface area contributed by atoms with Crippen LogP contribution in [-0.4, -0.2) is 34.9 Å². The maximum absolute atomic E-state index is 12.3. The molecular formula is C23H20N4O2. The van der Waals surface area contributed by atoms with Gasteiger partial charge in [-0.1, -0.05) is 48.5 Å². The fourth-order valence-electron chi connectivity index (χ4n) is 3.06. The van der Waals surface area contributed by atoms with Gasteiger partial charge in [0.05, 0.1) is 11.0 Å². The van der Waals surface area contributed by atoms with Gasteiger partial charge in [-0.2, -0.15) is 0 Å². The zero-order valence-corrected chi connectivity index (χ0v) is 15.8. The van der Waals surface area contributed by atoms with Crippen LogP contribution in [0.1, 0.15) is 27.4 Å². The third kappa shape index (κ3) is 4.38. The highest BCUT2D eigenvalue weighted by atomic mass is 16.2. The lowest BCUT2D eigenvalue weighted by Gasteiger charge is -2.07. The van der Waals surface area contributed by atoms with Crippen LogP contribution >= 0.6 is 0 Å². The lowest BCUT2D eigenvalue weighted by atomic mass is 10.2. The lowest BCUT2D eigenvalue weighted by Crippen LogP contribution is -2.30. The zero-order valence-electron chi connectivity index (χ0n) is 15.8. The molecule has 6 nitrogen and oxygen atoms in total. The summed E-state index contributed by atoms with van der Waals surface area (Å²) in [6.45, 7) is 0.886. The van der Waals surface area contributed by atoms with E-state index in [-0.39, 0.29) is 11.8 Å². The average Bonchev–Trinajstić information content (AvgIpc) is 2.77. The van der Waals surface area contributed by atoms with E-state index in [1.165, 1.54) is 0 Å². The molecule has 0 bridgehead atoms. The number of hydrogen-bond acceptors (Lipinski definition) is 4. The predicted octanol–water partition coefficient (Wildman–Crippen LogP) is 3.33. The van der Waals surface area contributed by atoms with Crippen molar-refractivity contribution in [3.63, 3.8) is 0 Å². The van der Waals surface area contributed by atoms with Crippen LogP contribution in [0.15, 0.2) is 72.8 Å². The molecule has 4 aromatic rings. The number of carbonyl (C=O) groups excluding carboxylic acids is 2. The summed E-state index contributed by atoms with van der Waals surface area (Å²) in [4.78, 5) is 33.3. The number of hydrogen-bond donors (Lipinski definition) is 2. The Bertz CT molecular complexity index is 1100. The highest BCUT2D eigenvalue weighted by Crippen LogP contribution is 2.12. The van der Waals surface area contributed by atoms with E-state index in [0.29, 0.717) is 30.9 Å². The molecule has 2 aromatic heterocycles. The van der Waals surface area contributed by atoms with Crippen molar-refractivity contribution in [3.8, 4) is 0 Å². The average molecular weight is 384 g/mol. The van der Waals surface area contributed by atoms with Crippen molar-refractivity contribution >= 4 is 33.6 Å². The van der Waals surface area contributed by atoms with Crippen molar-refractivity contribution in [2.45, 2.75) is 6.42 Å². The smallest absolute Gasteiger partial charge is 0.269 e. The summed E-state index contributed by atoms with van der Waals surface area (Å²) in [5.74, 6) is -0.448. The van der Waals surface area contributed by atoms with Gasteiger partial charge in [0.1, 0.15) is 11.4 Å². The van der Waals surface area contributed by atoms with Gasteiger partial charge >= 0.3 is 0 Å². The van der Waals surface area contributed by atoms with Crippen LogP contribution in [0.2, 0.25) is 0 Å². The van der Waals surface area contributed by atoms with Crippen molar-refractivity contribution in [1.82, 2.24) is 20.6 Å². The largest absolute Gasteiger partial charge is 0.351 e. The number of rotatable bonds is 6. The van der Waals surface area contributed by atoms with Crippen LogP contribution in [0.5, 0.6) is 0 Å². The molecule has 0 fully saturated rings. The molecule has 0 saturated carbocycles. The van der Waals surface area contributed by atoms with Crippen LogP contribution in [0.3, 0.4) is 0 Å². The number of nitrogens with one attached hydrogen (secondary N) is 2. The minimum Gasteiger partial charge on any atom is -0.351 e. The fourth-order valence-corrected chi connectivity index (χ4v) is 3.06. The van der Waals surface area contributed by atoms with Crippen molar-refractivity contribution in [2.75, 3.05) is 13.1 Å². The number of pyridine rings is 2. The van der Waals surface area contributed by atoms with Crippen LogP contribution in [0.25, 0.3) is 21.8 Å². The Morgan fingerprint density at radius 3 is 1.55 bits per heavy atom. The highest BCUT2D eigenvalue weighted by molar-refractivity contribution is 5.95. The molecule has 6 heteroatoms. The minimum atomic E-state index is -0.224. The second-order valence-electron chi connectivity index (χ2n) is 6.64. The molecule has 0 spiro atoms. The molecule has 0 aliphatic rings. The van der Waals surface area contributed by atoms with Gasteiger partial charge in [0, 0.05) is 23.9 Å². The highest BCUT2D eigenvalue weighted by Gasteiger charge is 2.09. The topological polar surface area (TPSA) is 84.0 Å². The third-order valence-electron chi connectivity index (χ3n) is 4.59. The van der Waals surface area contributed by atoms with Gasteiger partial charge in [-0.05, 0) is 30.7 Å². The molecule has 0 radical (unpaired) electrons. The summed E-state index contributed by atoms with van der Waals surface area (Å²) < 4.78 is 0. The molecule has 2 heterocycles. The molecule has 144 valence electrons. The second-order valence-corrected chi connectivity index (χ2v) is 6.64. The first kappa shape index (κ1) is 18.6. The van der Waals surface area contributed by atoms with Crippen molar-refractivity contribution in [3.05, 3.63) is 84.2 Å². The number of aromatic nitrogens is 2. The van der Waals surface area contributed by atoms with Gasteiger partial charge in [0.25, 0.3) is 11.8 Å². The van der Waals surface area contributed by atoms with Crippen molar-refractivity contribution in [1.29, 1.82) is 0 Å². The minimum absolute atomic E-state index is 0.224. The first-order chi connectivity index (χ1) is 14.2. The standard InChI is InChI=1S/C23H20N4O2/c28-22(20-12-10-16-6-1-3-8-18(16)26-20)24-14-5-15-25-23(29)21-13-11-17-7-2-4-9-19(17)27-21/h1-4,6-13H,5,14-15H2,(H,24,28)(H,25,29). The number of benzene rings is 2. The van der Waals surface area contributed by atoms with Gasteiger partial charge in [-0.15, -0.1) is 0 Å². The molecule has 2 aromatic carbocycles. The van der Waals surface area contributed by atoms with E-state index in [4.69, 9.17) is 0 Å². The van der Waals surface area contributed by atoms with E-state index in [9.17, 15) is 9.59 Å². The van der Waals surface area contributed by atoms with E-state index in [1.807, 2.05) is 60.7 Å². The molecule has 2 N–H and O–H groups in total. The van der Waals surface area contributed by atoms with Crippen molar-refractivity contribution in [2.24, 2.45) is 0 Å². The maximum atomic E-state index is 12.3. The molecule has 0 unspecified atom stereocenters. The van der Waals surface area contributed by atoms with Crippen LogP contribution < -0.4 is 10.6 Å². The normalized spacial score (nSPS) is 10.8. The van der Waals surface area contributed by atoms with Crippen LogP contribution in [0.4, 0.5) is 0 Å². The first-order valence-electron chi connectivity index (χ1n) is 9.49. The van der Waals surface area contributed by atoms with Gasteiger partial charge in [0.15, 0.2) is 0 Å². The van der Waals surface area contributed by atoms with E-state index >= 15 is 0 Å². The van der Waals surface area contributed by atoms with Gasteiger partial charge in [-0.25, -0.2) is 9.97 Å². The van der Waals surface area contributed by atoms with E-state index in [1.54, 1.807) is 12.1 Å². The molecule has 0 atom stereocenters. The number of para-hydroxylation sites is 2. The summed E-state index contributed by atoms with van der Waals surface area (Å²) in [6.07, 6.45) is 0.610. The van der Waals surface area contributed by atoms with E-state index in [2.05, 4.69) is 20.6 Å². The predicted molar refractivity (Wildman–Crippen MR) is 113 cm³/mol. The fraction of sp³-hybridized carbons (Fsp3) is 0.130. The Balaban J connectivity index is 1.25. The molecule has 2 amide bonds. The maximum Gasteiger partial charge on any atom is 0.269 e. The van der Waals surface area contributed by atoms with Gasteiger partial charge in [0.2, 0.25) is 0 Å². The molecule has 4 rings (SSSR count). The number of fused-ring (bicyclic) bond motifs is 2. The summed E-state index contributed by atoms with van der Waals surface area (Å²) >= 11 is 0. The van der Waals surface area contributed by atoms with Crippen LogP contribution in [-0.2, 0) is 0 Å². The van der Waals surface area contributed by atoms with Gasteiger partial charge < -0.3 is 10.6 Å². The molecule has 29 heavy (non-hydrogen) atoms. The third-order valence-corrected chi connectivity index (χ3v) is 4.59. The first-order valence-corrected chi connectivity index (χ1v) is 9.49. The molecular weight excluding hydrogens is 364 g/mol. The summed E-state index contributed by atoms with van der Waals surface area (Å²) in [5.41, 5.74) is 2.34. The Hall–Kier alpha value is -3.80. The number of nitrogens with zero attached hydrogens (tertiary/aromatic N) is 2. The molecule has 0 aliphatic heterocycles. The number of amides is 2. The van der Waals surface area contributed by atoms with Gasteiger partial charge in [-0.3, -0.25) is 9.59 Å². The summed E-state index contributed by atoms with van der Waals surface area (Å²) in [5, 5.41) is 7.65. The lowest BCUT2D eigenvalue weighted by molar-refractivity contribution is 0.0947. The number of carbonyl (C=O) groups is 2. The van der Waals surface area contributed by atoms with Crippen molar-refractivity contribution < 1.29 is 9.59 Å². The zero-order chi connectivity index (χ0) is 20.1. The Morgan fingerprint density at radius 2 is 1.07 bits per heavy atom. The monoisotopic (exact) mass is 384 g/mol. The van der Waals surface area contributed by atoms with E-state index in [0.717, 1.165) is 21.8 Å². The summed E-state index contributed by atoms with van der Waals surface area (Å²) in [6, 6.07) is 22.5. The SMILES string of the molecule is O=C(NCCCNC(=O)c1ccc2ccccc2n1)c1ccc2ccccc2n1. The quantitative estimate of drug-likeness (QED) is 0.500. The molecule has 0 saturated heterocycles. The Morgan fingerprint density at radius 1 is 0.621 bits per heavy atom. The summed E-state index contributed by atoms with van der Waals surface area (Å²) in [7, 11) is 0. The van der Waals surface area contributed by atoms with Crippen LogP contribution in [0, 0.1) is 0 Å². The van der Waals surface area contributed by atoms with E-state index < -0.39 is 0 Å². The second kappa shape index (κ2) is 8.48. The molecule has 0 aliphatic carbocycles.